The van der Waals surface area contributed by atoms with Crippen molar-refractivity contribution in [3.8, 4) is 18.9 Å². The predicted molar refractivity (Wildman–Crippen MR) is 60.8 cm³/mol. The highest BCUT2D eigenvalue weighted by Crippen LogP contribution is 2.51. The first-order chi connectivity index (χ1) is 6.79. The number of halogens is 1. The summed E-state index contributed by atoms with van der Waals surface area (Å²) in [5.74, 6) is 0.513. The third kappa shape index (κ3) is 2.95. The molecule has 0 heterocycles. The molecule has 74 valence electrons. The lowest BCUT2D eigenvalue weighted by Crippen LogP contribution is -1.98. The molecule has 0 unspecified atom stereocenters. The second-order valence-electron chi connectivity index (χ2n) is 2.99. The molecule has 0 N–H and O–H groups in total. The maximum absolute atomic E-state index is 8.90. The maximum atomic E-state index is 8.90. The average molecular weight is 208 g/mol. The second kappa shape index (κ2) is 6.30. The third-order valence-corrected chi connectivity index (χ3v) is 2.39. The summed E-state index contributed by atoms with van der Waals surface area (Å²) in [6.45, 7) is 1.96. The van der Waals surface area contributed by atoms with Gasteiger partial charge in [-0.1, -0.05) is 18.2 Å². The smallest absolute Gasteiger partial charge is 0.0820 e. The maximum Gasteiger partial charge on any atom is 0.0820 e. The van der Waals surface area contributed by atoms with Gasteiger partial charge in [-0.15, -0.1) is 24.4 Å². The summed E-state index contributed by atoms with van der Waals surface area (Å²) in [4.78, 5) is 0. The Morgan fingerprint density at radius 3 is 2.43 bits per heavy atom. The molecule has 0 spiro atoms. The fourth-order valence-electron chi connectivity index (χ4n) is 1.29. The minimum absolute atomic E-state index is 0.169. The summed E-state index contributed by atoms with van der Waals surface area (Å²) < 4.78 is 0. The average Bonchev–Trinajstić information content (AvgIpc) is 3.03. The van der Waals surface area contributed by atoms with Crippen molar-refractivity contribution in [2.75, 3.05) is 5.88 Å². The minimum Gasteiger partial charge on any atom is -0.197 e. The van der Waals surface area contributed by atoms with Gasteiger partial charge in [-0.3, -0.25) is 0 Å². The molecule has 0 saturated heterocycles. The molecule has 0 radical (unpaired) electrons. The van der Waals surface area contributed by atoms with Crippen LogP contribution < -0.4 is 0 Å². The quantitative estimate of drug-likeness (QED) is 0.396. The van der Waals surface area contributed by atoms with Crippen LogP contribution in [-0.2, 0) is 0 Å². The van der Waals surface area contributed by atoms with Crippen molar-refractivity contribution in [2.24, 2.45) is 5.41 Å². The van der Waals surface area contributed by atoms with Crippen LogP contribution >= 0.6 is 11.6 Å². The van der Waals surface area contributed by atoms with Gasteiger partial charge in [0.05, 0.1) is 11.5 Å². The summed E-state index contributed by atoms with van der Waals surface area (Å²) >= 11 is 5.52. The van der Waals surface area contributed by atoms with Gasteiger partial charge in [-0.05, 0) is 25.3 Å². The zero-order valence-electron chi connectivity index (χ0n) is 8.33. The number of hydrogen-bond acceptors (Lipinski definition) is 1. The van der Waals surface area contributed by atoms with Gasteiger partial charge >= 0.3 is 0 Å². The molecule has 1 fully saturated rings. The fraction of sp³-hybridized carbons (Fsp3) is 0.417. The van der Waals surface area contributed by atoms with Gasteiger partial charge in [0.15, 0.2) is 0 Å². The lowest BCUT2D eigenvalue weighted by Gasteiger charge is -2.05. The Morgan fingerprint density at radius 1 is 1.57 bits per heavy atom. The molecule has 0 bridgehead atoms. The van der Waals surface area contributed by atoms with E-state index in [4.69, 9.17) is 16.9 Å². The molecule has 1 nitrogen and oxygen atoms in total. The zero-order valence-corrected chi connectivity index (χ0v) is 9.09. The topological polar surface area (TPSA) is 23.8 Å². The Hall–Kier alpha value is -1.18. The first-order valence-electron chi connectivity index (χ1n) is 4.43. The molecule has 1 aliphatic rings. The molecular weight excluding hydrogens is 194 g/mol. The monoisotopic (exact) mass is 207 g/mol. The number of hydrogen-bond donors (Lipinski definition) is 0. The van der Waals surface area contributed by atoms with Crippen LogP contribution in [0.3, 0.4) is 0 Å². The van der Waals surface area contributed by atoms with Crippen molar-refractivity contribution < 1.29 is 0 Å². The van der Waals surface area contributed by atoms with Crippen LogP contribution in [-0.4, -0.2) is 5.88 Å². The molecule has 14 heavy (non-hydrogen) atoms. The predicted octanol–water partition coefficient (Wildman–Crippen LogP) is 3.28. The van der Waals surface area contributed by atoms with Gasteiger partial charge < -0.3 is 0 Å². The molecule has 0 atom stereocenters. The molecule has 1 rings (SSSR count). The number of terminal acetylenes is 1. The van der Waals surface area contributed by atoms with E-state index in [1.165, 1.54) is 0 Å². The summed E-state index contributed by atoms with van der Waals surface area (Å²) in [6, 6.07) is 2.35. The largest absolute Gasteiger partial charge is 0.197 e. The highest BCUT2D eigenvalue weighted by atomic mass is 35.5. The highest BCUT2D eigenvalue weighted by molar-refractivity contribution is 6.18. The Labute approximate surface area is 91.1 Å². The van der Waals surface area contributed by atoms with Gasteiger partial charge in [0.25, 0.3) is 0 Å². The van der Waals surface area contributed by atoms with Crippen LogP contribution in [0.1, 0.15) is 19.8 Å². The molecule has 0 amide bonds. The summed E-state index contributed by atoms with van der Waals surface area (Å²) in [7, 11) is 0. The SMILES string of the molecule is C#C.C/C=C(\C=C/CCl)C1(C#N)CC1. The minimum atomic E-state index is -0.169. The van der Waals surface area contributed by atoms with E-state index in [0.717, 1.165) is 18.4 Å². The van der Waals surface area contributed by atoms with E-state index in [9.17, 15) is 0 Å². The summed E-state index contributed by atoms with van der Waals surface area (Å²) in [6.07, 6.45) is 15.8. The van der Waals surface area contributed by atoms with E-state index in [-0.39, 0.29) is 5.41 Å². The van der Waals surface area contributed by atoms with Crippen LogP contribution in [0.5, 0.6) is 0 Å². The van der Waals surface area contributed by atoms with Crippen LogP contribution in [0.15, 0.2) is 23.8 Å². The number of nitrogens with zero attached hydrogens (tertiary/aromatic N) is 1. The number of rotatable bonds is 3. The van der Waals surface area contributed by atoms with Crippen molar-refractivity contribution in [2.45, 2.75) is 19.8 Å². The fourth-order valence-corrected chi connectivity index (χ4v) is 1.38. The molecular formula is C12H14ClN. The van der Waals surface area contributed by atoms with Crippen molar-refractivity contribution in [3.05, 3.63) is 23.8 Å². The Bertz CT molecular complexity index is 287. The van der Waals surface area contributed by atoms with Crippen LogP contribution in [0, 0.1) is 29.6 Å². The van der Waals surface area contributed by atoms with E-state index in [2.05, 4.69) is 18.9 Å². The van der Waals surface area contributed by atoms with Gasteiger partial charge in [0.2, 0.25) is 0 Å². The lowest BCUT2D eigenvalue weighted by molar-refractivity contribution is 0.826. The Kier molecular flexibility index (Phi) is 5.77. The van der Waals surface area contributed by atoms with Gasteiger partial charge in [-0.2, -0.15) is 5.26 Å². The first-order valence-corrected chi connectivity index (χ1v) is 4.96. The molecule has 0 aromatic heterocycles. The normalized spacial score (nSPS) is 18.1. The molecule has 1 saturated carbocycles. The van der Waals surface area contributed by atoms with Crippen LogP contribution in [0.25, 0.3) is 0 Å². The number of allylic oxidation sites excluding steroid dienone is 4. The molecule has 1 aliphatic carbocycles. The first kappa shape index (κ1) is 12.8. The third-order valence-electron chi connectivity index (χ3n) is 2.21. The van der Waals surface area contributed by atoms with E-state index in [1.54, 1.807) is 0 Å². The van der Waals surface area contributed by atoms with E-state index >= 15 is 0 Å². The Morgan fingerprint density at radius 2 is 2.14 bits per heavy atom. The van der Waals surface area contributed by atoms with Crippen molar-refractivity contribution in [1.82, 2.24) is 0 Å². The summed E-state index contributed by atoms with van der Waals surface area (Å²) in [5.41, 5.74) is 0.947. The van der Waals surface area contributed by atoms with Crippen molar-refractivity contribution in [3.63, 3.8) is 0 Å². The van der Waals surface area contributed by atoms with E-state index in [0.29, 0.717) is 5.88 Å². The standard InChI is InChI=1S/C10H12ClN.C2H2/c1-2-9(4-3-7-11)10(8-12)5-6-10;1-2/h2-4H,5-7H2,1H3;1-2H/b4-3-,9-2+;. The molecule has 0 aliphatic heterocycles. The van der Waals surface area contributed by atoms with Gasteiger partial charge in [-0.25, -0.2) is 0 Å². The molecule has 0 aromatic rings. The molecule has 0 aromatic carbocycles. The number of alkyl halides is 1. The van der Waals surface area contributed by atoms with Crippen LogP contribution in [0.4, 0.5) is 0 Å². The summed E-state index contributed by atoms with van der Waals surface area (Å²) in [5, 5.41) is 8.90. The number of nitriles is 1. The Balaban J connectivity index is 0.000000791. The van der Waals surface area contributed by atoms with Gasteiger partial charge in [0, 0.05) is 5.88 Å². The van der Waals surface area contributed by atoms with Crippen LogP contribution in [0.2, 0.25) is 0 Å². The van der Waals surface area contributed by atoms with Crippen molar-refractivity contribution >= 4 is 11.6 Å². The van der Waals surface area contributed by atoms with Gasteiger partial charge in [0.1, 0.15) is 0 Å². The highest BCUT2D eigenvalue weighted by Gasteiger charge is 2.45. The van der Waals surface area contributed by atoms with E-state index in [1.807, 2.05) is 25.2 Å². The van der Waals surface area contributed by atoms with E-state index < -0.39 is 0 Å². The second-order valence-corrected chi connectivity index (χ2v) is 3.30. The molecule has 2 heteroatoms. The zero-order chi connectivity index (χ0) is 11.0. The lowest BCUT2D eigenvalue weighted by atomic mass is 9.97. The van der Waals surface area contributed by atoms with Crippen molar-refractivity contribution in [1.29, 1.82) is 5.26 Å².